The molecule has 0 aromatic rings. The second kappa shape index (κ2) is 1.57. The van der Waals surface area contributed by atoms with Gasteiger partial charge in [0.25, 0.3) is 0 Å². The zero-order chi connectivity index (χ0) is 5.28. The van der Waals surface area contributed by atoms with Gasteiger partial charge in [-0.3, -0.25) is 0 Å². The molecule has 0 fully saturated rings. The molecule has 1 aliphatic heterocycles. The van der Waals surface area contributed by atoms with Gasteiger partial charge in [-0.25, -0.2) is 0 Å². The standard InChI is InChI=1S/C6H10O/c1-5-3-4-7-6(5)2/h3-6H,1-2H3/t5-,6?/m0/s1. The van der Waals surface area contributed by atoms with Crippen molar-refractivity contribution >= 4 is 0 Å². The van der Waals surface area contributed by atoms with Gasteiger partial charge in [0, 0.05) is 5.92 Å². The van der Waals surface area contributed by atoms with Gasteiger partial charge in [-0.05, 0) is 13.0 Å². The molecular weight excluding hydrogens is 88.1 g/mol. The molecule has 1 rings (SSSR count). The molecule has 0 aliphatic carbocycles. The van der Waals surface area contributed by atoms with E-state index in [1.807, 2.05) is 0 Å². The topological polar surface area (TPSA) is 9.23 Å². The number of hydrogen-bond acceptors (Lipinski definition) is 1. The fourth-order valence-corrected chi connectivity index (χ4v) is 0.574. The van der Waals surface area contributed by atoms with Crippen LogP contribution in [0.25, 0.3) is 0 Å². The molecule has 1 heteroatoms. The summed E-state index contributed by atoms with van der Waals surface area (Å²) in [6, 6.07) is 0. The Morgan fingerprint density at radius 2 is 2.14 bits per heavy atom. The average Bonchev–Trinajstić information content (AvgIpc) is 1.91. The minimum atomic E-state index is 0.403. The van der Waals surface area contributed by atoms with Crippen molar-refractivity contribution in [3.8, 4) is 0 Å². The minimum absolute atomic E-state index is 0.403. The molecule has 0 aromatic heterocycles. The lowest BCUT2D eigenvalue weighted by Gasteiger charge is -2.05. The molecule has 0 saturated carbocycles. The van der Waals surface area contributed by atoms with Crippen molar-refractivity contribution in [1.29, 1.82) is 0 Å². The van der Waals surface area contributed by atoms with Crippen LogP contribution in [0.1, 0.15) is 13.8 Å². The monoisotopic (exact) mass is 98.1 g/mol. The Bertz CT molecular complexity index is 86.2. The van der Waals surface area contributed by atoms with Crippen LogP contribution in [0.3, 0.4) is 0 Å². The van der Waals surface area contributed by atoms with Gasteiger partial charge in [0.05, 0.1) is 6.26 Å². The van der Waals surface area contributed by atoms with Gasteiger partial charge in [0.2, 0.25) is 0 Å². The molecule has 0 aromatic carbocycles. The molecule has 1 unspecified atom stereocenters. The van der Waals surface area contributed by atoms with E-state index in [4.69, 9.17) is 4.74 Å². The summed E-state index contributed by atoms with van der Waals surface area (Å²) in [6.45, 7) is 4.22. The van der Waals surface area contributed by atoms with Gasteiger partial charge < -0.3 is 4.74 Å². The van der Waals surface area contributed by atoms with Gasteiger partial charge in [0.15, 0.2) is 0 Å². The summed E-state index contributed by atoms with van der Waals surface area (Å²) in [6.07, 6.45) is 4.25. The van der Waals surface area contributed by atoms with E-state index < -0.39 is 0 Å². The maximum Gasteiger partial charge on any atom is 0.101 e. The Hall–Kier alpha value is -0.460. The van der Waals surface area contributed by atoms with E-state index in [1.54, 1.807) is 6.26 Å². The SMILES string of the molecule is CC1OC=C[C@@H]1C. The second-order valence-corrected chi connectivity index (χ2v) is 2.03. The molecule has 1 heterocycles. The van der Waals surface area contributed by atoms with Crippen molar-refractivity contribution in [2.45, 2.75) is 20.0 Å². The third kappa shape index (κ3) is 0.763. The smallest absolute Gasteiger partial charge is 0.101 e. The van der Waals surface area contributed by atoms with Crippen LogP contribution < -0.4 is 0 Å². The largest absolute Gasteiger partial charge is 0.498 e. The van der Waals surface area contributed by atoms with Crippen molar-refractivity contribution in [2.75, 3.05) is 0 Å². The highest BCUT2D eigenvalue weighted by atomic mass is 16.5. The second-order valence-electron chi connectivity index (χ2n) is 2.03. The summed E-state index contributed by atoms with van der Waals surface area (Å²) in [5, 5.41) is 0. The van der Waals surface area contributed by atoms with Crippen molar-refractivity contribution < 1.29 is 4.74 Å². The summed E-state index contributed by atoms with van der Waals surface area (Å²) in [7, 11) is 0. The van der Waals surface area contributed by atoms with Gasteiger partial charge in [0.1, 0.15) is 6.10 Å². The lowest BCUT2D eigenvalue weighted by Crippen LogP contribution is -2.06. The van der Waals surface area contributed by atoms with Crippen molar-refractivity contribution in [2.24, 2.45) is 5.92 Å². The molecule has 1 aliphatic rings. The third-order valence-electron chi connectivity index (χ3n) is 1.42. The molecule has 0 bridgehead atoms. The highest BCUT2D eigenvalue weighted by Crippen LogP contribution is 2.14. The van der Waals surface area contributed by atoms with E-state index >= 15 is 0 Å². The van der Waals surface area contributed by atoms with Crippen molar-refractivity contribution in [1.82, 2.24) is 0 Å². The van der Waals surface area contributed by atoms with Crippen molar-refractivity contribution in [3.05, 3.63) is 12.3 Å². The summed E-state index contributed by atoms with van der Waals surface area (Å²) in [5.74, 6) is 0.611. The Kier molecular flexibility index (Phi) is 1.05. The summed E-state index contributed by atoms with van der Waals surface area (Å²) in [4.78, 5) is 0. The molecular formula is C6H10O. The molecule has 0 N–H and O–H groups in total. The molecule has 40 valence electrons. The minimum Gasteiger partial charge on any atom is -0.498 e. The first-order chi connectivity index (χ1) is 3.30. The van der Waals surface area contributed by atoms with Crippen LogP contribution in [0.2, 0.25) is 0 Å². The van der Waals surface area contributed by atoms with Crippen LogP contribution >= 0.6 is 0 Å². The molecule has 1 nitrogen and oxygen atoms in total. The molecule has 0 saturated heterocycles. The van der Waals surface area contributed by atoms with Crippen LogP contribution in [0.4, 0.5) is 0 Å². The zero-order valence-corrected chi connectivity index (χ0v) is 4.72. The van der Waals surface area contributed by atoms with Crippen LogP contribution in [-0.2, 0) is 4.74 Å². The Morgan fingerprint density at radius 1 is 1.43 bits per heavy atom. The first-order valence-electron chi connectivity index (χ1n) is 2.63. The fraction of sp³-hybridized carbons (Fsp3) is 0.667. The quantitative estimate of drug-likeness (QED) is 0.446. The van der Waals surface area contributed by atoms with Crippen LogP contribution in [0.15, 0.2) is 12.3 Å². The first kappa shape index (κ1) is 4.69. The van der Waals surface area contributed by atoms with E-state index in [0.29, 0.717) is 12.0 Å². The fourth-order valence-electron chi connectivity index (χ4n) is 0.574. The molecule has 7 heavy (non-hydrogen) atoms. The Morgan fingerprint density at radius 3 is 2.29 bits per heavy atom. The van der Waals surface area contributed by atoms with Gasteiger partial charge in [-0.1, -0.05) is 6.92 Å². The highest BCUT2D eigenvalue weighted by molar-refractivity contribution is 4.90. The molecule has 0 spiro atoms. The lowest BCUT2D eigenvalue weighted by atomic mass is 10.1. The van der Waals surface area contributed by atoms with Crippen LogP contribution in [0.5, 0.6) is 0 Å². The molecule has 2 atom stereocenters. The zero-order valence-electron chi connectivity index (χ0n) is 4.72. The summed E-state index contributed by atoms with van der Waals surface area (Å²) < 4.78 is 5.08. The number of hydrogen-bond donors (Lipinski definition) is 0. The van der Waals surface area contributed by atoms with Crippen LogP contribution in [0, 0.1) is 5.92 Å². The van der Waals surface area contributed by atoms with Gasteiger partial charge in [-0.15, -0.1) is 0 Å². The predicted octanol–water partition coefficient (Wildman–Crippen LogP) is 1.55. The van der Waals surface area contributed by atoms with Crippen molar-refractivity contribution in [3.63, 3.8) is 0 Å². The molecule has 0 radical (unpaired) electrons. The average molecular weight is 98.1 g/mol. The number of ether oxygens (including phenoxy) is 1. The number of rotatable bonds is 0. The lowest BCUT2D eigenvalue weighted by molar-refractivity contribution is 0.159. The normalized spacial score (nSPS) is 38.6. The van der Waals surface area contributed by atoms with E-state index in [9.17, 15) is 0 Å². The van der Waals surface area contributed by atoms with E-state index in [0.717, 1.165) is 0 Å². The van der Waals surface area contributed by atoms with Crippen LogP contribution in [-0.4, -0.2) is 6.10 Å². The summed E-state index contributed by atoms with van der Waals surface area (Å²) >= 11 is 0. The third-order valence-corrected chi connectivity index (χ3v) is 1.42. The van der Waals surface area contributed by atoms with E-state index in [1.165, 1.54) is 0 Å². The Balaban J connectivity index is 2.45. The summed E-state index contributed by atoms with van der Waals surface area (Å²) in [5.41, 5.74) is 0. The first-order valence-corrected chi connectivity index (χ1v) is 2.63. The Labute approximate surface area is 44.0 Å². The highest BCUT2D eigenvalue weighted by Gasteiger charge is 2.12. The van der Waals surface area contributed by atoms with E-state index in [-0.39, 0.29) is 0 Å². The molecule has 0 amide bonds. The van der Waals surface area contributed by atoms with Gasteiger partial charge in [-0.2, -0.15) is 0 Å². The van der Waals surface area contributed by atoms with Gasteiger partial charge >= 0.3 is 0 Å². The van der Waals surface area contributed by atoms with E-state index in [2.05, 4.69) is 19.9 Å². The maximum atomic E-state index is 5.08. The maximum absolute atomic E-state index is 5.08. The predicted molar refractivity (Wildman–Crippen MR) is 28.9 cm³/mol.